The Labute approximate surface area is 172 Å². The Kier molecular flexibility index (Phi) is 4.98. The second kappa shape index (κ2) is 7.75. The Balaban J connectivity index is 1.93. The summed E-state index contributed by atoms with van der Waals surface area (Å²) in [4.78, 5) is 28.6. The van der Waals surface area contributed by atoms with E-state index in [1.807, 2.05) is 44.2 Å². The number of aromatic nitrogens is 2. The monoisotopic (exact) mass is 397 g/mol. The van der Waals surface area contributed by atoms with E-state index in [2.05, 4.69) is 4.98 Å². The standard InChI is InChI=1S/C24H19N3O3/c1-16-12-17(2)14-20(13-16)26-23(25-22-9-4-3-8-21(22)24(26)28)11-10-18-6-5-7-19(15-18)27(29)30/h3-15H,1-2H3. The number of nitro benzene ring substituents is 1. The molecule has 0 spiro atoms. The van der Waals surface area contributed by atoms with Crippen molar-refractivity contribution in [3.8, 4) is 5.69 Å². The summed E-state index contributed by atoms with van der Waals surface area (Å²) < 4.78 is 1.58. The maximum Gasteiger partial charge on any atom is 0.270 e. The summed E-state index contributed by atoms with van der Waals surface area (Å²) in [5.74, 6) is 0.454. The number of benzene rings is 3. The smallest absolute Gasteiger partial charge is 0.268 e. The minimum absolute atomic E-state index is 0.00956. The first kappa shape index (κ1) is 19.3. The molecule has 0 saturated heterocycles. The largest absolute Gasteiger partial charge is 0.270 e. The van der Waals surface area contributed by atoms with Crippen LogP contribution in [0.2, 0.25) is 0 Å². The predicted molar refractivity (Wildman–Crippen MR) is 119 cm³/mol. The molecule has 0 aliphatic rings. The van der Waals surface area contributed by atoms with Gasteiger partial charge in [-0.15, -0.1) is 0 Å². The van der Waals surface area contributed by atoms with E-state index in [1.54, 1.807) is 41.0 Å². The molecule has 1 heterocycles. The Morgan fingerprint density at radius 1 is 0.933 bits per heavy atom. The van der Waals surface area contributed by atoms with E-state index in [0.717, 1.165) is 16.8 Å². The zero-order chi connectivity index (χ0) is 21.3. The van der Waals surface area contributed by atoms with Crippen LogP contribution in [0.1, 0.15) is 22.5 Å². The van der Waals surface area contributed by atoms with Gasteiger partial charge in [0.2, 0.25) is 0 Å². The molecule has 0 unspecified atom stereocenters. The van der Waals surface area contributed by atoms with Crippen LogP contribution in [0.5, 0.6) is 0 Å². The molecule has 0 aliphatic carbocycles. The highest BCUT2D eigenvalue weighted by Gasteiger charge is 2.12. The molecule has 3 aromatic carbocycles. The van der Waals surface area contributed by atoms with Crippen molar-refractivity contribution in [3.05, 3.63) is 110 Å². The SMILES string of the molecule is Cc1cc(C)cc(-n2c(C=Cc3cccc([N+](=O)[O-])c3)nc3ccccc3c2=O)c1. The van der Waals surface area contributed by atoms with Crippen molar-refractivity contribution < 1.29 is 4.92 Å². The molecule has 0 N–H and O–H groups in total. The van der Waals surface area contributed by atoms with Crippen molar-refractivity contribution in [2.75, 3.05) is 0 Å². The molecule has 0 amide bonds. The van der Waals surface area contributed by atoms with Gasteiger partial charge in [0.05, 0.1) is 21.5 Å². The molecule has 0 fully saturated rings. The first-order valence-corrected chi connectivity index (χ1v) is 9.45. The van der Waals surface area contributed by atoms with Crippen molar-refractivity contribution in [3.63, 3.8) is 0 Å². The lowest BCUT2D eigenvalue weighted by atomic mass is 10.1. The van der Waals surface area contributed by atoms with E-state index in [9.17, 15) is 14.9 Å². The van der Waals surface area contributed by atoms with Crippen molar-refractivity contribution in [1.29, 1.82) is 0 Å². The molecule has 0 radical (unpaired) electrons. The van der Waals surface area contributed by atoms with Gasteiger partial charge in [0.25, 0.3) is 11.2 Å². The van der Waals surface area contributed by atoms with Crippen LogP contribution in [-0.2, 0) is 0 Å². The summed E-state index contributed by atoms with van der Waals surface area (Å²) in [6.07, 6.45) is 3.44. The number of nitro groups is 1. The minimum Gasteiger partial charge on any atom is -0.268 e. The minimum atomic E-state index is -0.433. The molecule has 0 atom stereocenters. The summed E-state index contributed by atoms with van der Waals surface area (Å²) in [5, 5.41) is 11.6. The van der Waals surface area contributed by atoms with Crippen LogP contribution in [0.25, 0.3) is 28.7 Å². The number of aryl methyl sites for hydroxylation is 2. The highest BCUT2D eigenvalue weighted by atomic mass is 16.6. The molecule has 0 saturated carbocycles. The van der Waals surface area contributed by atoms with Gasteiger partial charge >= 0.3 is 0 Å². The van der Waals surface area contributed by atoms with Gasteiger partial charge in [-0.1, -0.05) is 36.4 Å². The third-order valence-corrected chi connectivity index (χ3v) is 4.77. The molecule has 4 aromatic rings. The van der Waals surface area contributed by atoms with E-state index in [1.165, 1.54) is 12.1 Å². The predicted octanol–water partition coefficient (Wildman–Crippen LogP) is 5.08. The maximum absolute atomic E-state index is 13.3. The topological polar surface area (TPSA) is 78.0 Å². The van der Waals surface area contributed by atoms with E-state index < -0.39 is 4.92 Å². The molecule has 148 valence electrons. The zero-order valence-electron chi connectivity index (χ0n) is 16.6. The zero-order valence-corrected chi connectivity index (χ0v) is 16.6. The van der Waals surface area contributed by atoms with Gasteiger partial charge in [0.1, 0.15) is 5.82 Å². The molecular weight excluding hydrogens is 378 g/mol. The Bertz CT molecular complexity index is 1350. The van der Waals surface area contributed by atoms with Crippen LogP contribution in [0.4, 0.5) is 5.69 Å². The quantitative estimate of drug-likeness (QED) is 0.355. The van der Waals surface area contributed by atoms with Crippen LogP contribution in [-0.4, -0.2) is 14.5 Å². The molecule has 6 nitrogen and oxygen atoms in total. The summed E-state index contributed by atoms with van der Waals surface area (Å²) in [6, 6.07) is 19.5. The molecule has 6 heteroatoms. The molecule has 0 bridgehead atoms. The van der Waals surface area contributed by atoms with Gasteiger partial charge in [-0.3, -0.25) is 19.5 Å². The fraction of sp³-hybridized carbons (Fsp3) is 0.0833. The van der Waals surface area contributed by atoms with Crippen molar-refractivity contribution in [1.82, 2.24) is 9.55 Å². The van der Waals surface area contributed by atoms with Crippen LogP contribution >= 0.6 is 0 Å². The lowest BCUT2D eigenvalue weighted by Crippen LogP contribution is -2.22. The van der Waals surface area contributed by atoms with Crippen LogP contribution in [0.15, 0.2) is 71.5 Å². The average Bonchev–Trinajstić information content (AvgIpc) is 2.72. The second-order valence-corrected chi connectivity index (χ2v) is 7.16. The lowest BCUT2D eigenvalue weighted by Gasteiger charge is -2.13. The molecule has 4 rings (SSSR count). The van der Waals surface area contributed by atoms with Crippen molar-refractivity contribution >= 4 is 28.7 Å². The normalized spacial score (nSPS) is 11.3. The summed E-state index contributed by atoms with van der Waals surface area (Å²) in [6.45, 7) is 3.96. The third kappa shape index (κ3) is 3.75. The van der Waals surface area contributed by atoms with Crippen molar-refractivity contribution in [2.24, 2.45) is 0 Å². The van der Waals surface area contributed by atoms with Gasteiger partial charge in [-0.2, -0.15) is 0 Å². The molecule has 30 heavy (non-hydrogen) atoms. The summed E-state index contributed by atoms with van der Waals surface area (Å²) >= 11 is 0. The number of non-ortho nitro benzene ring substituents is 1. The first-order chi connectivity index (χ1) is 14.4. The Hall–Kier alpha value is -4.06. The van der Waals surface area contributed by atoms with Crippen LogP contribution < -0.4 is 5.56 Å². The number of fused-ring (bicyclic) bond motifs is 1. The summed E-state index contributed by atoms with van der Waals surface area (Å²) in [7, 11) is 0. The Morgan fingerprint density at radius 3 is 2.40 bits per heavy atom. The van der Waals surface area contributed by atoms with E-state index in [0.29, 0.717) is 22.3 Å². The van der Waals surface area contributed by atoms with Gasteiger partial charge in [0.15, 0.2) is 0 Å². The van der Waals surface area contributed by atoms with E-state index >= 15 is 0 Å². The van der Waals surface area contributed by atoms with Gasteiger partial charge in [0, 0.05) is 12.1 Å². The number of para-hydroxylation sites is 1. The fourth-order valence-electron chi connectivity index (χ4n) is 3.50. The number of hydrogen-bond acceptors (Lipinski definition) is 4. The van der Waals surface area contributed by atoms with Crippen LogP contribution in [0, 0.1) is 24.0 Å². The average molecular weight is 397 g/mol. The number of rotatable bonds is 4. The van der Waals surface area contributed by atoms with Gasteiger partial charge < -0.3 is 0 Å². The lowest BCUT2D eigenvalue weighted by molar-refractivity contribution is -0.384. The molecule has 0 aliphatic heterocycles. The summed E-state index contributed by atoms with van der Waals surface area (Å²) in [5.41, 5.74) is 3.91. The van der Waals surface area contributed by atoms with E-state index in [4.69, 9.17) is 0 Å². The van der Waals surface area contributed by atoms with Crippen LogP contribution in [0.3, 0.4) is 0 Å². The van der Waals surface area contributed by atoms with E-state index in [-0.39, 0.29) is 11.2 Å². The van der Waals surface area contributed by atoms with Crippen molar-refractivity contribution in [2.45, 2.75) is 13.8 Å². The number of nitrogens with zero attached hydrogens (tertiary/aromatic N) is 3. The second-order valence-electron chi connectivity index (χ2n) is 7.16. The highest BCUT2D eigenvalue weighted by Crippen LogP contribution is 2.19. The first-order valence-electron chi connectivity index (χ1n) is 9.45. The fourth-order valence-corrected chi connectivity index (χ4v) is 3.50. The number of hydrogen-bond donors (Lipinski definition) is 0. The van der Waals surface area contributed by atoms with Gasteiger partial charge in [-0.05, 0) is 60.9 Å². The molecular formula is C24H19N3O3. The molecule has 1 aromatic heterocycles. The van der Waals surface area contributed by atoms with Gasteiger partial charge in [-0.25, -0.2) is 4.98 Å². The maximum atomic E-state index is 13.3. The highest BCUT2D eigenvalue weighted by molar-refractivity contribution is 5.80. The Morgan fingerprint density at radius 2 is 1.67 bits per heavy atom. The third-order valence-electron chi connectivity index (χ3n) is 4.77.